The molecule has 0 aliphatic heterocycles. The van der Waals surface area contributed by atoms with Crippen LogP contribution >= 0.6 is 0 Å². The van der Waals surface area contributed by atoms with Gasteiger partial charge in [-0.05, 0) is 56.0 Å². The van der Waals surface area contributed by atoms with E-state index in [0.29, 0.717) is 29.5 Å². The molecule has 0 fully saturated rings. The fourth-order valence-electron chi connectivity index (χ4n) is 2.51. The molecule has 2 amide bonds. The lowest BCUT2D eigenvalue weighted by molar-refractivity contribution is -0.122. The van der Waals surface area contributed by atoms with Gasteiger partial charge in [0.15, 0.2) is 6.10 Å². The van der Waals surface area contributed by atoms with Gasteiger partial charge in [0.05, 0.1) is 11.3 Å². The molecule has 2 N–H and O–H groups in total. The molecule has 0 bridgehead atoms. The number of carbonyl (C=O) groups excluding carboxylic acids is 2. The number of aryl methyl sites for hydroxylation is 1. The van der Waals surface area contributed by atoms with Crippen molar-refractivity contribution in [1.82, 2.24) is 5.32 Å². The number of amides is 2. The van der Waals surface area contributed by atoms with Crippen molar-refractivity contribution in [1.29, 1.82) is 0 Å². The van der Waals surface area contributed by atoms with E-state index in [1.165, 1.54) is 0 Å². The fourth-order valence-corrected chi connectivity index (χ4v) is 2.51. The standard InChI is InChI=1S/C22H28N2O3/c1-14(2)13-23-22(26)18-10-6-7-11-19(18)24-21(25)17(5)27-20-12-8-9-15(3)16(20)4/h6-12,14,17H,13H2,1-5H3,(H,23,26)(H,24,25)/t17-/m1/s1. The molecule has 0 aliphatic carbocycles. The summed E-state index contributed by atoms with van der Waals surface area (Å²) in [5, 5.41) is 5.68. The van der Waals surface area contributed by atoms with Crippen LogP contribution in [0, 0.1) is 19.8 Å². The van der Waals surface area contributed by atoms with Gasteiger partial charge in [0, 0.05) is 6.54 Å². The van der Waals surface area contributed by atoms with Crippen molar-refractivity contribution in [3.8, 4) is 5.75 Å². The predicted molar refractivity (Wildman–Crippen MR) is 108 cm³/mol. The zero-order valence-corrected chi connectivity index (χ0v) is 16.6. The molecule has 0 spiro atoms. The van der Waals surface area contributed by atoms with Gasteiger partial charge in [-0.2, -0.15) is 0 Å². The van der Waals surface area contributed by atoms with Gasteiger partial charge in [-0.3, -0.25) is 9.59 Å². The largest absolute Gasteiger partial charge is 0.481 e. The minimum atomic E-state index is -0.697. The quantitative estimate of drug-likeness (QED) is 0.773. The molecule has 1 atom stereocenters. The lowest BCUT2D eigenvalue weighted by Gasteiger charge is -2.18. The highest BCUT2D eigenvalue weighted by atomic mass is 16.5. The summed E-state index contributed by atoms with van der Waals surface area (Å²) >= 11 is 0. The lowest BCUT2D eigenvalue weighted by atomic mass is 10.1. The van der Waals surface area contributed by atoms with Gasteiger partial charge in [-0.1, -0.05) is 38.1 Å². The third kappa shape index (κ3) is 5.58. The molecule has 5 nitrogen and oxygen atoms in total. The number of para-hydroxylation sites is 1. The number of hydrogen-bond donors (Lipinski definition) is 2. The first kappa shape index (κ1) is 20.5. The number of carbonyl (C=O) groups is 2. The molecule has 0 unspecified atom stereocenters. The highest BCUT2D eigenvalue weighted by Gasteiger charge is 2.19. The zero-order valence-electron chi connectivity index (χ0n) is 16.6. The van der Waals surface area contributed by atoms with Crippen molar-refractivity contribution in [2.24, 2.45) is 5.92 Å². The molecule has 0 saturated heterocycles. The number of anilines is 1. The van der Waals surface area contributed by atoms with Crippen LogP contribution in [-0.4, -0.2) is 24.5 Å². The Balaban J connectivity index is 2.09. The third-order valence-electron chi connectivity index (χ3n) is 4.33. The Kier molecular flexibility index (Phi) is 6.99. The van der Waals surface area contributed by atoms with Crippen LogP contribution in [0.3, 0.4) is 0 Å². The Labute approximate surface area is 161 Å². The maximum atomic E-state index is 12.6. The topological polar surface area (TPSA) is 67.4 Å². The molecule has 2 rings (SSSR count). The Bertz CT molecular complexity index is 815. The normalized spacial score (nSPS) is 11.8. The summed E-state index contributed by atoms with van der Waals surface area (Å²) in [6, 6.07) is 12.7. The molecule has 144 valence electrons. The van der Waals surface area contributed by atoms with E-state index in [1.54, 1.807) is 31.2 Å². The van der Waals surface area contributed by atoms with Crippen LogP contribution in [0.4, 0.5) is 5.69 Å². The molecule has 27 heavy (non-hydrogen) atoms. The third-order valence-corrected chi connectivity index (χ3v) is 4.33. The van der Waals surface area contributed by atoms with Crippen LogP contribution in [0.15, 0.2) is 42.5 Å². The van der Waals surface area contributed by atoms with E-state index in [1.807, 2.05) is 45.9 Å². The summed E-state index contributed by atoms with van der Waals surface area (Å²) in [6.07, 6.45) is -0.697. The van der Waals surface area contributed by atoms with Crippen LogP contribution in [0.5, 0.6) is 5.75 Å². The minimum Gasteiger partial charge on any atom is -0.481 e. The molecule has 2 aromatic rings. The van der Waals surface area contributed by atoms with E-state index in [0.717, 1.165) is 11.1 Å². The first-order valence-electron chi connectivity index (χ1n) is 9.20. The predicted octanol–water partition coefficient (Wildman–Crippen LogP) is 4.10. The Hall–Kier alpha value is -2.82. The number of ether oxygens (including phenoxy) is 1. The molecule has 0 saturated carbocycles. The van der Waals surface area contributed by atoms with Crippen LogP contribution in [0.1, 0.15) is 42.3 Å². The van der Waals surface area contributed by atoms with Crippen molar-refractivity contribution >= 4 is 17.5 Å². The minimum absolute atomic E-state index is 0.206. The first-order valence-corrected chi connectivity index (χ1v) is 9.20. The molecule has 0 aromatic heterocycles. The molecular formula is C22H28N2O3. The maximum absolute atomic E-state index is 12.6. The molecule has 5 heteroatoms. The SMILES string of the molecule is Cc1cccc(O[C@H](C)C(=O)Nc2ccccc2C(=O)NCC(C)C)c1C. The number of nitrogens with one attached hydrogen (secondary N) is 2. The summed E-state index contributed by atoms with van der Waals surface area (Å²) in [5.74, 6) is 0.519. The van der Waals surface area contributed by atoms with Crippen molar-refractivity contribution in [3.63, 3.8) is 0 Å². The highest BCUT2D eigenvalue weighted by molar-refractivity contribution is 6.04. The Morgan fingerprint density at radius 2 is 1.70 bits per heavy atom. The van der Waals surface area contributed by atoms with Crippen LogP contribution < -0.4 is 15.4 Å². The van der Waals surface area contributed by atoms with Gasteiger partial charge in [0.25, 0.3) is 11.8 Å². The lowest BCUT2D eigenvalue weighted by Crippen LogP contribution is -2.32. The van der Waals surface area contributed by atoms with E-state index >= 15 is 0 Å². The second-order valence-corrected chi connectivity index (χ2v) is 7.10. The molecule has 0 aliphatic rings. The van der Waals surface area contributed by atoms with Gasteiger partial charge in [0.1, 0.15) is 5.75 Å². The summed E-state index contributed by atoms with van der Waals surface area (Å²) in [5.41, 5.74) is 3.02. The number of hydrogen-bond acceptors (Lipinski definition) is 3. The van der Waals surface area contributed by atoms with Gasteiger partial charge < -0.3 is 15.4 Å². The van der Waals surface area contributed by atoms with Crippen LogP contribution in [0.2, 0.25) is 0 Å². The number of benzene rings is 2. The first-order chi connectivity index (χ1) is 12.8. The van der Waals surface area contributed by atoms with Crippen molar-refractivity contribution in [2.75, 3.05) is 11.9 Å². The Morgan fingerprint density at radius 3 is 2.41 bits per heavy atom. The molecule has 2 aromatic carbocycles. The molecular weight excluding hydrogens is 340 g/mol. The average molecular weight is 368 g/mol. The molecule has 0 heterocycles. The van der Waals surface area contributed by atoms with E-state index < -0.39 is 6.10 Å². The van der Waals surface area contributed by atoms with Gasteiger partial charge in [-0.25, -0.2) is 0 Å². The second kappa shape index (κ2) is 9.21. The van der Waals surface area contributed by atoms with E-state index in [4.69, 9.17) is 4.74 Å². The van der Waals surface area contributed by atoms with Crippen molar-refractivity contribution in [2.45, 2.75) is 40.7 Å². The van der Waals surface area contributed by atoms with Gasteiger partial charge in [-0.15, -0.1) is 0 Å². The number of rotatable bonds is 7. The second-order valence-electron chi connectivity index (χ2n) is 7.10. The van der Waals surface area contributed by atoms with Crippen molar-refractivity contribution < 1.29 is 14.3 Å². The van der Waals surface area contributed by atoms with Gasteiger partial charge >= 0.3 is 0 Å². The van der Waals surface area contributed by atoms with Gasteiger partial charge in [0.2, 0.25) is 0 Å². The molecule has 0 radical (unpaired) electrons. The monoisotopic (exact) mass is 368 g/mol. The van der Waals surface area contributed by atoms with Crippen LogP contribution in [0.25, 0.3) is 0 Å². The summed E-state index contributed by atoms with van der Waals surface area (Å²) in [7, 11) is 0. The Morgan fingerprint density at radius 1 is 1.00 bits per heavy atom. The highest BCUT2D eigenvalue weighted by Crippen LogP contribution is 2.22. The van der Waals surface area contributed by atoms with E-state index in [-0.39, 0.29) is 11.8 Å². The zero-order chi connectivity index (χ0) is 20.0. The summed E-state index contributed by atoms with van der Waals surface area (Å²) in [6.45, 7) is 10.3. The average Bonchev–Trinajstić information content (AvgIpc) is 2.63. The smallest absolute Gasteiger partial charge is 0.265 e. The van der Waals surface area contributed by atoms with E-state index in [9.17, 15) is 9.59 Å². The van der Waals surface area contributed by atoms with E-state index in [2.05, 4.69) is 10.6 Å². The summed E-state index contributed by atoms with van der Waals surface area (Å²) < 4.78 is 5.83. The fraction of sp³-hybridized carbons (Fsp3) is 0.364. The summed E-state index contributed by atoms with van der Waals surface area (Å²) in [4.78, 5) is 25.0. The van der Waals surface area contributed by atoms with Crippen molar-refractivity contribution in [3.05, 3.63) is 59.2 Å². The maximum Gasteiger partial charge on any atom is 0.265 e. The van der Waals surface area contributed by atoms with Crippen LogP contribution in [-0.2, 0) is 4.79 Å².